The van der Waals surface area contributed by atoms with Crippen LogP contribution in [-0.4, -0.2) is 26.8 Å². The van der Waals surface area contributed by atoms with Crippen LogP contribution in [0, 0.1) is 13.8 Å². The van der Waals surface area contributed by atoms with Gasteiger partial charge in [-0.1, -0.05) is 19.1 Å². The molecule has 0 saturated carbocycles. The van der Waals surface area contributed by atoms with Gasteiger partial charge in [0.05, 0.1) is 12.2 Å². The normalized spacial score (nSPS) is 10.8. The fraction of sp³-hybridized carbons (Fsp3) is 0.462. The molecule has 0 aliphatic carbocycles. The Labute approximate surface area is 107 Å². The van der Waals surface area contributed by atoms with E-state index in [1.165, 1.54) is 11.1 Å². The van der Waals surface area contributed by atoms with Crippen molar-refractivity contribution in [1.82, 2.24) is 25.5 Å². The van der Waals surface area contributed by atoms with E-state index in [4.69, 9.17) is 0 Å². The maximum atomic E-state index is 4.08. The Hall–Kier alpha value is -1.75. The first kappa shape index (κ1) is 12.7. The molecule has 1 aromatic carbocycles. The predicted octanol–water partition coefficient (Wildman–Crippen LogP) is 1.78. The van der Waals surface area contributed by atoms with Crippen molar-refractivity contribution in [2.45, 2.75) is 33.7 Å². The van der Waals surface area contributed by atoms with Crippen LogP contribution in [0.25, 0.3) is 5.69 Å². The van der Waals surface area contributed by atoms with E-state index in [0.29, 0.717) is 6.54 Å². The lowest BCUT2D eigenvalue weighted by Crippen LogP contribution is -2.18. The van der Waals surface area contributed by atoms with E-state index in [0.717, 1.165) is 24.5 Å². The Morgan fingerprint density at radius 2 is 2.11 bits per heavy atom. The summed E-state index contributed by atoms with van der Waals surface area (Å²) in [6.45, 7) is 7.94. The van der Waals surface area contributed by atoms with Crippen LogP contribution >= 0.6 is 0 Å². The summed E-state index contributed by atoms with van der Waals surface area (Å²) in [6, 6.07) is 6.29. The van der Waals surface area contributed by atoms with Crippen molar-refractivity contribution < 1.29 is 0 Å². The molecule has 0 spiro atoms. The molecule has 18 heavy (non-hydrogen) atoms. The molecule has 5 heteroatoms. The highest BCUT2D eigenvalue weighted by Gasteiger charge is 2.09. The molecule has 0 fully saturated rings. The van der Waals surface area contributed by atoms with Gasteiger partial charge in [-0.05, 0) is 54.4 Å². The SMILES string of the molecule is CCCNCc1nnnn1-c1cc(C)ccc1C. The Morgan fingerprint density at radius 1 is 1.28 bits per heavy atom. The molecule has 0 amide bonds. The second-order valence-corrected chi connectivity index (χ2v) is 4.47. The van der Waals surface area contributed by atoms with Gasteiger partial charge in [-0.2, -0.15) is 4.68 Å². The molecule has 2 aromatic rings. The van der Waals surface area contributed by atoms with Crippen molar-refractivity contribution in [1.29, 1.82) is 0 Å². The first-order valence-corrected chi connectivity index (χ1v) is 6.28. The zero-order valence-corrected chi connectivity index (χ0v) is 11.1. The van der Waals surface area contributed by atoms with Crippen molar-refractivity contribution >= 4 is 0 Å². The molecule has 96 valence electrons. The summed E-state index contributed by atoms with van der Waals surface area (Å²) in [5, 5.41) is 15.2. The van der Waals surface area contributed by atoms with Crippen molar-refractivity contribution in [2.75, 3.05) is 6.54 Å². The molecule has 1 N–H and O–H groups in total. The molecule has 0 radical (unpaired) electrons. The molecule has 0 atom stereocenters. The molecule has 0 saturated heterocycles. The largest absolute Gasteiger partial charge is 0.310 e. The summed E-state index contributed by atoms with van der Waals surface area (Å²) < 4.78 is 1.81. The molecule has 1 heterocycles. The highest BCUT2D eigenvalue weighted by Crippen LogP contribution is 2.15. The number of rotatable bonds is 5. The lowest BCUT2D eigenvalue weighted by molar-refractivity contribution is 0.632. The van der Waals surface area contributed by atoms with Gasteiger partial charge < -0.3 is 5.32 Å². The van der Waals surface area contributed by atoms with Gasteiger partial charge in [0.15, 0.2) is 5.82 Å². The molecule has 2 rings (SSSR count). The van der Waals surface area contributed by atoms with Gasteiger partial charge in [0.25, 0.3) is 0 Å². The van der Waals surface area contributed by atoms with E-state index in [9.17, 15) is 0 Å². The summed E-state index contributed by atoms with van der Waals surface area (Å²) in [7, 11) is 0. The van der Waals surface area contributed by atoms with E-state index in [-0.39, 0.29) is 0 Å². The van der Waals surface area contributed by atoms with Crippen LogP contribution in [0.4, 0.5) is 0 Å². The Kier molecular flexibility index (Phi) is 4.04. The number of nitrogens with one attached hydrogen (secondary N) is 1. The monoisotopic (exact) mass is 245 g/mol. The first-order valence-electron chi connectivity index (χ1n) is 6.28. The number of aryl methyl sites for hydroxylation is 2. The predicted molar refractivity (Wildman–Crippen MR) is 70.6 cm³/mol. The van der Waals surface area contributed by atoms with Gasteiger partial charge in [0.1, 0.15) is 0 Å². The Balaban J connectivity index is 2.27. The van der Waals surface area contributed by atoms with Crippen molar-refractivity contribution in [3.05, 3.63) is 35.2 Å². The summed E-state index contributed by atoms with van der Waals surface area (Å²) in [5.74, 6) is 0.845. The molecular weight excluding hydrogens is 226 g/mol. The van der Waals surface area contributed by atoms with E-state index in [1.54, 1.807) is 0 Å². The smallest absolute Gasteiger partial charge is 0.170 e. The molecule has 0 aliphatic rings. The lowest BCUT2D eigenvalue weighted by atomic mass is 10.1. The summed E-state index contributed by atoms with van der Waals surface area (Å²) in [6.07, 6.45) is 1.10. The molecule has 0 unspecified atom stereocenters. The van der Waals surface area contributed by atoms with Gasteiger partial charge in [-0.15, -0.1) is 5.10 Å². The van der Waals surface area contributed by atoms with Gasteiger partial charge in [-0.3, -0.25) is 0 Å². The average molecular weight is 245 g/mol. The second-order valence-electron chi connectivity index (χ2n) is 4.47. The van der Waals surface area contributed by atoms with E-state index in [2.05, 4.69) is 59.8 Å². The summed E-state index contributed by atoms with van der Waals surface area (Å²) >= 11 is 0. The zero-order valence-electron chi connectivity index (χ0n) is 11.1. The summed E-state index contributed by atoms with van der Waals surface area (Å²) in [4.78, 5) is 0. The highest BCUT2D eigenvalue weighted by atomic mass is 15.5. The number of hydrogen-bond acceptors (Lipinski definition) is 4. The molecular formula is C13H19N5. The number of aromatic nitrogens is 4. The van der Waals surface area contributed by atoms with Crippen LogP contribution in [0.15, 0.2) is 18.2 Å². The minimum absolute atomic E-state index is 0.689. The van der Waals surface area contributed by atoms with Crippen LogP contribution < -0.4 is 5.32 Å². The Bertz CT molecular complexity index is 518. The molecule has 1 aromatic heterocycles. The third kappa shape index (κ3) is 2.73. The first-order chi connectivity index (χ1) is 8.72. The van der Waals surface area contributed by atoms with Gasteiger partial charge >= 0.3 is 0 Å². The van der Waals surface area contributed by atoms with Gasteiger partial charge in [0, 0.05) is 0 Å². The van der Waals surface area contributed by atoms with E-state index < -0.39 is 0 Å². The second kappa shape index (κ2) is 5.73. The fourth-order valence-electron chi connectivity index (χ4n) is 1.83. The van der Waals surface area contributed by atoms with Crippen molar-refractivity contribution in [2.24, 2.45) is 0 Å². The minimum Gasteiger partial charge on any atom is -0.310 e. The lowest BCUT2D eigenvalue weighted by Gasteiger charge is -2.09. The topological polar surface area (TPSA) is 55.6 Å². The van der Waals surface area contributed by atoms with E-state index in [1.807, 2.05) is 4.68 Å². The van der Waals surface area contributed by atoms with E-state index >= 15 is 0 Å². The van der Waals surface area contributed by atoms with Crippen molar-refractivity contribution in [3.63, 3.8) is 0 Å². The number of tetrazole rings is 1. The zero-order chi connectivity index (χ0) is 13.0. The molecule has 0 aliphatic heterocycles. The van der Waals surface area contributed by atoms with Gasteiger partial charge in [-0.25, -0.2) is 0 Å². The van der Waals surface area contributed by atoms with Crippen LogP contribution in [-0.2, 0) is 6.54 Å². The van der Waals surface area contributed by atoms with Crippen LogP contribution in [0.1, 0.15) is 30.3 Å². The quantitative estimate of drug-likeness (QED) is 0.816. The third-order valence-corrected chi connectivity index (χ3v) is 2.84. The third-order valence-electron chi connectivity index (χ3n) is 2.84. The number of hydrogen-bond donors (Lipinski definition) is 1. The maximum Gasteiger partial charge on any atom is 0.170 e. The number of nitrogens with zero attached hydrogens (tertiary/aromatic N) is 4. The number of benzene rings is 1. The Morgan fingerprint density at radius 3 is 2.89 bits per heavy atom. The van der Waals surface area contributed by atoms with Crippen LogP contribution in [0.5, 0.6) is 0 Å². The fourth-order valence-corrected chi connectivity index (χ4v) is 1.83. The summed E-state index contributed by atoms with van der Waals surface area (Å²) in [5.41, 5.74) is 3.43. The minimum atomic E-state index is 0.689. The highest BCUT2D eigenvalue weighted by molar-refractivity contribution is 5.42. The van der Waals surface area contributed by atoms with Crippen molar-refractivity contribution in [3.8, 4) is 5.69 Å². The molecule has 5 nitrogen and oxygen atoms in total. The maximum absolute atomic E-state index is 4.08. The van der Waals surface area contributed by atoms with Gasteiger partial charge in [0.2, 0.25) is 0 Å². The van der Waals surface area contributed by atoms with Crippen LogP contribution in [0.2, 0.25) is 0 Å². The standard InChI is InChI=1S/C13H19N5/c1-4-7-14-9-13-15-16-17-18(13)12-8-10(2)5-6-11(12)3/h5-6,8,14H,4,7,9H2,1-3H3. The molecule has 0 bridgehead atoms. The average Bonchev–Trinajstić information content (AvgIpc) is 2.81. The van der Waals surface area contributed by atoms with Crippen LogP contribution in [0.3, 0.4) is 0 Å².